The molecule has 0 spiro atoms. The Bertz CT molecular complexity index is 1230. The molecule has 0 aliphatic heterocycles. The second-order valence-corrected chi connectivity index (χ2v) is 6.64. The van der Waals surface area contributed by atoms with Crippen molar-refractivity contribution in [3.05, 3.63) is 69.0 Å². The molecule has 0 saturated carbocycles. The van der Waals surface area contributed by atoms with Crippen LogP contribution in [0.4, 0.5) is 5.69 Å². The molecule has 8 nitrogen and oxygen atoms in total. The summed E-state index contributed by atoms with van der Waals surface area (Å²) < 4.78 is 15.3. The second-order valence-electron chi connectivity index (χ2n) is 6.21. The van der Waals surface area contributed by atoms with E-state index >= 15 is 0 Å². The van der Waals surface area contributed by atoms with E-state index in [2.05, 4.69) is 5.32 Å². The third-order valence-corrected chi connectivity index (χ3v) is 4.26. The van der Waals surface area contributed by atoms with Crippen LogP contribution >= 0.6 is 11.6 Å². The molecule has 3 rings (SSSR count). The number of nitriles is 1. The van der Waals surface area contributed by atoms with Crippen LogP contribution in [0.15, 0.2) is 51.7 Å². The van der Waals surface area contributed by atoms with Gasteiger partial charge in [-0.1, -0.05) is 11.6 Å². The first-order valence-corrected chi connectivity index (χ1v) is 9.06. The Labute approximate surface area is 175 Å². The summed E-state index contributed by atoms with van der Waals surface area (Å²) in [5.41, 5.74) is 1.05. The summed E-state index contributed by atoms with van der Waals surface area (Å²) >= 11 is 5.85. The van der Waals surface area contributed by atoms with Gasteiger partial charge < -0.3 is 19.2 Å². The lowest BCUT2D eigenvalue weighted by Gasteiger charge is -2.09. The van der Waals surface area contributed by atoms with Crippen molar-refractivity contribution in [2.45, 2.75) is 6.92 Å². The first-order chi connectivity index (χ1) is 14.4. The van der Waals surface area contributed by atoms with Crippen molar-refractivity contribution in [1.82, 2.24) is 0 Å². The van der Waals surface area contributed by atoms with Gasteiger partial charge in [-0.05, 0) is 42.8 Å². The van der Waals surface area contributed by atoms with Gasteiger partial charge in [0.2, 0.25) is 0 Å². The zero-order valence-corrected chi connectivity index (χ0v) is 16.5. The summed E-state index contributed by atoms with van der Waals surface area (Å²) in [6, 6.07) is 12.5. The molecule has 3 aromatic rings. The fourth-order valence-electron chi connectivity index (χ4n) is 2.63. The fraction of sp³-hybridized carbons (Fsp3) is 0.143. The molecule has 2 aromatic carbocycles. The highest BCUT2D eigenvalue weighted by Gasteiger charge is 2.12. The van der Waals surface area contributed by atoms with Crippen molar-refractivity contribution in [3.63, 3.8) is 0 Å². The van der Waals surface area contributed by atoms with E-state index in [0.717, 1.165) is 10.9 Å². The van der Waals surface area contributed by atoms with Crippen molar-refractivity contribution in [2.75, 3.05) is 18.5 Å². The monoisotopic (exact) mass is 426 g/mol. The first-order valence-electron chi connectivity index (χ1n) is 8.68. The molecule has 152 valence electrons. The van der Waals surface area contributed by atoms with Gasteiger partial charge in [0.05, 0.1) is 11.3 Å². The molecule has 1 amide bonds. The molecule has 1 N–H and O–H groups in total. The molecule has 0 aliphatic carbocycles. The Morgan fingerprint density at radius 3 is 2.73 bits per heavy atom. The quantitative estimate of drug-likeness (QED) is 0.475. The number of fused-ring (bicyclic) bond motifs is 1. The minimum Gasteiger partial charge on any atom is -0.482 e. The molecule has 0 aliphatic rings. The van der Waals surface area contributed by atoms with E-state index in [9.17, 15) is 14.4 Å². The van der Waals surface area contributed by atoms with E-state index in [1.807, 2.05) is 6.07 Å². The van der Waals surface area contributed by atoms with Gasteiger partial charge in [0.1, 0.15) is 17.4 Å². The number of carbonyl (C=O) groups excluding carboxylic acids is 2. The molecule has 0 radical (unpaired) electrons. The van der Waals surface area contributed by atoms with E-state index in [-0.39, 0.29) is 11.3 Å². The van der Waals surface area contributed by atoms with Gasteiger partial charge in [-0.25, -0.2) is 9.59 Å². The third kappa shape index (κ3) is 5.16. The number of anilines is 1. The standard InChI is InChI=1S/C21H15ClN2O6/c1-12-6-20(26)30-18-8-15(4-5-16(12)18)28-11-21(27)29-10-19(25)24-17-7-14(22)3-2-13(17)9-23/h2-8H,10-11H2,1H3,(H,24,25). The van der Waals surface area contributed by atoms with Gasteiger partial charge in [-0.3, -0.25) is 4.79 Å². The number of ether oxygens (including phenoxy) is 2. The number of carbonyl (C=O) groups is 2. The summed E-state index contributed by atoms with van der Waals surface area (Å²) in [6.45, 7) is 0.770. The van der Waals surface area contributed by atoms with Crippen LogP contribution in [-0.4, -0.2) is 25.1 Å². The summed E-state index contributed by atoms with van der Waals surface area (Å²) in [5, 5.41) is 12.6. The molecular formula is C21H15ClN2O6. The predicted octanol–water partition coefficient (Wildman–Crippen LogP) is 3.19. The maximum atomic E-state index is 12.0. The number of hydrogen-bond acceptors (Lipinski definition) is 7. The molecule has 0 unspecified atom stereocenters. The highest BCUT2D eigenvalue weighted by atomic mass is 35.5. The number of rotatable bonds is 6. The van der Waals surface area contributed by atoms with Gasteiger partial charge in [-0.15, -0.1) is 0 Å². The zero-order chi connectivity index (χ0) is 21.7. The highest BCUT2D eigenvalue weighted by molar-refractivity contribution is 6.31. The van der Waals surface area contributed by atoms with Crippen molar-refractivity contribution in [2.24, 2.45) is 0 Å². The summed E-state index contributed by atoms with van der Waals surface area (Å²) in [5.74, 6) is -1.11. The van der Waals surface area contributed by atoms with Gasteiger partial charge in [-0.2, -0.15) is 5.26 Å². The molecule has 1 heterocycles. The van der Waals surface area contributed by atoms with Gasteiger partial charge in [0.25, 0.3) is 5.91 Å². The molecule has 9 heteroatoms. The summed E-state index contributed by atoms with van der Waals surface area (Å²) in [4.78, 5) is 35.3. The topological polar surface area (TPSA) is 119 Å². The van der Waals surface area contributed by atoms with Crippen LogP contribution in [0.3, 0.4) is 0 Å². The number of halogens is 1. The molecular weight excluding hydrogens is 412 g/mol. The number of nitrogens with one attached hydrogen (secondary N) is 1. The fourth-order valence-corrected chi connectivity index (χ4v) is 2.80. The minimum atomic E-state index is -0.775. The van der Waals surface area contributed by atoms with E-state index in [0.29, 0.717) is 16.4 Å². The Balaban J connectivity index is 1.53. The number of nitrogens with zero attached hydrogens (tertiary/aromatic N) is 1. The van der Waals surface area contributed by atoms with Crippen molar-refractivity contribution in [1.29, 1.82) is 5.26 Å². The zero-order valence-electron chi connectivity index (χ0n) is 15.7. The Morgan fingerprint density at radius 2 is 1.97 bits per heavy atom. The number of aryl methyl sites for hydroxylation is 1. The Kier molecular flexibility index (Phi) is 6.35. The predicted molar refractivity (Wildman–Crippen MR) is 108 cm³/mol. The molecule has 0 bridgehead atoms. The van der Waals surface area contributed by atoms with Crippen LogP contribution in [0.5, 0.6) is 5.75 Å². The van der Waals surface area contributed by atoms with Crippen LogP contribution in [0.25, 0.3) is 11.0 Å². The van der Waals surface area contributed by atoms with E-state index < -0.39 is 30.7 Å². The van der Waals surface area contributed by atoms with Gasteiger partial charge >= 0.3 is 11.6 Å². The molecule has 30 heavy (non-hydrogen) atoms. The molecule has 0 fully saturated rings. The Hall–Kier alpha value is -3.83. The Morgan fingerprint density at radius 1 is 1.17 bits per heavy atom. The lowest BCUT2D eigenvalue weighted by atomic mass is 10.1. The average Bonchev–Trinajstić information content (AvgIpc) is 2.70. The largest absolute Gasteiger partial charge is 0.482 e. The lowest BCUT2D eigenvalue weighted by Crippen LogP contribution is -2.24. The average molecular weight is 427 g/mol. The normalized spacial score (nSPS) is 10.3. The summed E-state index contributed by atoms with van der Waals surface area (Å²) in [6.07, 6.45) is 0. The first kappa shape index (κ1) is 20.9. The number of benzene rings is 2. The van der Waals surface area contributed by atoms with Crippen molar-refractivity contribution in [3.8, 4) is 11.8 Å². The molecule has 1 aromatic heterocycles. The van der Waals surface area contributed by atoms with Crippen LogP contribution < -0.4 is 15.7 Å². The summed E-state index contributed by atoms with van der Waals surface area (Å²) in [7, 11) is 0. The van der Waals surface area contributed by atoms with Crippen LogP contribution in [0, 0.1) is 18.3 Å². The van der Waals surface area contributed by atoms with Gasteiger partial charge in [0, 0.05) is 22.5 Å². The minimum absolute atomic E-state index is 0.218. The smallest absolute Gasteiger partial charge is 0.344 e. The van der Waals surface area contributed by atoms with E-state index in [1.54, 1.807) is 19.1 Å². The molecule has 0 saturated heterocycles. The van der Waals surface area contributed by atoms with Crippen molar-refractivity contribution >= 4 is 40.1 Å². The second kappa shape index (κ2) is 9.11. The van der Waals surface area contributed by atoms with E-state index in [4.69, 9.17) is 30.8 Å². The molecule has 0 atom stereocenters. The maximum absolute atomic E-state index is 12.0. The maximum Gasteiger partial charge on any atom is 0.344 e. The van der Waals surface area contributed by atoms with Crippen LogP contribution in [0.1, 0.15) is 11.1 Å². The van der Waals surface area contributed by atoms with Gasteiger partial charge in [0.15, 0.2) is 13.2 Å². The lowest BCUT2D eigenvalue weighted by molar-refractivity contribution is -0.149. The number of amides is 1. The third-order valence-electron chi connectivity index (χ3n) is 4.02. The van der Waals surface area contributed by atoms with E-state index in [1.165, 1.54) is 30.3 Å². The van der Waals surface area contributed by atoms with Crippen LogP contribution in [0.2, 0.25) is 5.02 Å². The number of hydrogen-bond donors (Lipinski definition) is 1. The van der Waals surface area contributed by atoms with Crippen LogP contribution in [-0.2, 0) is 14.3 Å². The number of esters is 1. The SMILES string of the molecule is Cc1cc(=O)oc2cc(OCC(=O)OCC(=O)Nc3cc(Cl)ccc3C#N)ccc12. The van der Waals surface area contributed by atoms with Crippen molar-refractivity contribution < 1.29 is 23.5 Å². The highest BCUT2D eigenvalue weighted by Crippen LogP contribution is 2.22.